The molecule has 0 aliphatic heterocycles. The van der Waals surface area contributed by atoms with Gasteiger partial charge < -0.3 is 19.2 Å². The van der Waals surface area contributed by atoms with Crippen molar-refractivity contribution >= 4 is 44.8 Å². The molecule has 44 valence electrons. The maximum atomic E-state index is 7.33. The Labute approximate surface area is 64.0 Å². The molecular weight excluding hydrogens is 310 g/mol. The van der Waals surface area contributed by atoms with E-state index in [1.807, 2.05) is 0 Å². The summed E-state index contributed by atoms with van der Waals surface area (Å²) < 4.78 is 0. The van der Waals surface area contributed by atoms with Crippen LogP contribution < -0.4 is 0 Å². The van der Waals surface area contributed by atoms with E-state index in [9.17, 15) is 0 Å². The molecule has 0 aromatic rings. The van der Waals surface area contributed by atoms with Gasteiger partial charge in [-0.15, -0.1) is 0 Å². The zero-order valence-electron chi connectivity index (χ0n) is 3.00. The van der Waals surface area contributed by atoms with Crippen LogP contribution in [0.5, 0.6) is 0 Å². The topological polar surface area (TPSA) is 80.9 Å². The van der Waals surface area contributed by atoms with Crippen LogP contribution in [0.4, 0.5) is 0 Å². The SMILES string of the molecule is B.O[Si](O)(O)O.[PbH2]. The van der Waals surface area contributed by atoms with E-state index >= 15 is 0 Å². The Balaban J connectivity index is -0.0000000800. The Kier molecular flexibility index (Phi) is 11.6. The number of hydrogen-bond acceptors (Lipinski definition) is 4. The van der Waals surface area contributed by atoms with Crippen LogP contribution in [0.1, 0.15) is 0 Å². The molecule has 0 rings (SSSR count). The van der Waals surface area contributed by atoms with Gasteiger partial charge >= 0.3 is 36.3 Å². The van der Waals surface area contributed by atoms with E-state index in [0.29, 0.717) is 0 Å². The summed E-state index contributed by atoms with van der Waals surface area (Å²) >= 11 is 0. The van der Waals surface area contributed by atoms with E-state index in [-0.39, 0.29) is 35.7 Å². The van der Waals surface area contributed by atoms with Crippen LogP contribution in [-0.4, -0.2) is 63.9 Å². The Bertz CT molecular complexity index is 27.2. The van der Waals surface area contributed by atoms with Crippen LogP contribution in [0.3, 0.4) is 0 Å². The molecule has 0 bridgehead atoms. The predicted octanol–water partition coefficient (Wildman–Crippen LogP) is -4.71. The minimum atomic E-state index is -4.61. The Morgan fingerprint density at radius 1 is 0.857 bits per heavy atom. The van der Waals surface area contributed by atoms with Gasteiger partial charge in [-0.05, 0) is 0 Å². The second-order valence-electron chi connectivity index (χ2n) is 0.600. The van der Waals surface area contributed by atoms with Gasteiger partial charge in [0.15, 0.2) is 0 Å². The molecule has 0 unspecified atom stereocenters. The van der Waals surface area contributed by atoms with Crippen molar-refractivity contribution in [3.63, 3.8) is 0 Å². The summed E-state index contributed by atoms with van der Waals surface area (Å²) in [5, 5.41) is 0. The van der Waals surface area contributed by atoms with Crippen molar-refractivity contribution in [3.8, 4) is 0 Å². The molecule has 4 N–H and O–H groups in total. The van der Waals surface area contributed by atoms with Crippen LogP contribution in [0.15, 0.2) is 0 Å². The molecule has 0 aliphatic carbocycles. The van der Waals surface area contributed by atoms with Crippen LogP contribution in [0.25, 0.3) is 0 Å². The van der Waals surface area contributed by atoms with Gasteiger partial charge in [-0.3, -0.25) is 0 Å². The van der Waals surface area contributed by atoms with Gasteiger partial charge in [-0.2, -0.15) is 0 Å². The van der Waals surface area contributed by atoms with Crippen LogP contribution >= 0.6 is 0 Å². The van der Waals surface area contributed by atoms with Gasteiger partial charge in [0.25, 0.3) is 0 Å². The second-order valence-corrected chi connectivity index (χ2v) is 1.80. The fourth-order valence-electron chi connectivity index (χ4n) is 0. The van der Waals surface area contributed by atoms with Gasteiger partial charge in [0, 0.05) is 0 Å². The molecule has 0 heterocycles. The van der Waals surface area contributed by atoms with Gasteiger partial charge in [0.2, 0.25) is 0 Å². The molecule has 7 heteroatoms. The van der Waals surface area contributed by atoms with Crippen molar-refractivity contribution in [1.29, 1.82) is 0 Å². The third kappa shape index (κ3) is 164. The van der Waals surface area contributed by atoms with Crippen molar-refractivity contribution < 1.29 is 19.2 Å². The van der Waals surface area contributed by atoms with E-state index in [1.165, 1.54) is 0 Å². The number of hydrogen-bond donors (Lipinski definition) is 4. The van der Waals surface area contributed by atoms with Gasteiger partial charge in [-0.1, -0.05) is 0 Å². The van der Waals surface area contributed by atoms with Crippen molar-refractivity contribution in [3.05, 3.63) is 0 Å². The van der Waals surface area contributed by atoms with E-state index < -0.39 is 9.05 Å². The summed E-state index contributed by atoms with van der Waals surface area (Å²) in [5.41, 5.74) is 0. The maximum absolute atomic E-state index is 7.33. The zero-order chi connectivity index (χ0) is 4.50. The van der Waals surface area contributed by atoms with E-state index in [1.54, 1.807) is 0 Å². The molecule has 2 radical (unpaired) electrons. The molecule has 0 spiro atoms. The summed E-state index contributed by atoms with van der Waals surface area (Å²) in [4.78, 5) is 29.3. The molecule has 4 nitrogen and oxygen atoms in total. The predicted molar refractivity (Wildman–Crippen MR) is 33.1 cm³/mol. The first-order valence-electron chi connectivity index (χ1n) is 0.894. The Hall–Kier alpha value is 1.04. The first-order chi connectivity index (χ1) is 2.00. The summed E-state index contributed by atoms with van der Waals surface area (Å²) in [5.74, 6) is 0. The average Bonchev–Trinajstić information content (AvgIpc) is 0.722. The summed E-state index contributed by atoms with van der Waals surface area (Å²) in [6, 6.07) is 0. The first-order valence-corrected chi connectivity index (χ1v) is 2.68. The molecule has 0 aromatic heterocycles. The van der Waals surface area contributed by atoms with E-state index in [4.69, 9.17) is 19.2 Å². The molecule has 7 heavy (non-hydrogen) atoms. The monoisotopic (exact) mass is 320 g/mol. The molecule has 0 saturated heterocycles. The third-order valence-corrected chi connectivity index (χ3v) is 0. The van der Waals surface area contributed by atoms with Crippen LogP contribution in [-0.2, 0) is 0 Å². The molecule has 0 aliphatic rings. The Morgan fingerprint density at radius 3 is 0.857 bits per heavy atom. The average molecular weight is 319 g/mol. The normalized spacial score (nSPS) is 8.57. The summed E-state index contributed by atoms with van der Waals surface area (Å²) in [6.07, 6.45) is 0. The van der Waals surface area contributed by atoms with Gasteiger partial charge in [0.05, 0.1) is 8.41 Å². The molecule has 0 fully saturated rings. The molecule has 0 amide bonds. The fraction of sp³-hybridized carbons (Fsp3) is 0. The zero-order valence-corrected chi connectivity index (χ0v) is 9.49. The van der Waals surface area contributed by atoms with Crippen LogP contribution in [0, 0.1) is 0 Å². The van der Waals surface area contributed by atoms with Crippen LogP contribution in [0.2, 0.25) is 0 Å². The second kappa shape index (κ2) is 5.19. The summed E-state index contributed by atoms with van der Waals surface area (Å²) in [7, 11) is -4.61. The van der Waals surface area contributed by atoms with Gasteiger partial charge in [-0.25, -0.2) is 0 Å². The molecular formula is H9BO4PbSi. The molecule has 0 atom stereocenters. The minimum absolute atomic E-state index is 0. The van der Waals surface area contributed by atoms with Gasteiger partial charge in [0.1, 0.15) is 0 Å². The standard InChI is InChI=1S/BH3.H4O4Si.Pb.2H/c;1-5(2,3)4;;;/h1H3;1-4H;;;. The van der Waals surface area contributed by atoms with E-state index in [2.05, 4.69) is 0 Å². The van der Waals surface area contributed by atoms with Crippen molar-refractivity contribution in [2.24, 2.45) is 0 Å². The van der Waals surface area contributed by atoms with E-state index in [0.717, 1.165) is 0 Å². The third-order valence-electron chi connectivity index (χ3n) is 0. The first kappa shape index (κ1) is 15.7. The number of rotatable bonds is 0. The molecule has 0 saturated carbocycles. The van der Waals surface area contributed by atoms with Crippen molar-refractivity contribution in [2.75, 3.05) is 0 Å². The Morgan fingerprint density at radius 2 is 0.857 bits per heavy atom. The van der Waals surface area contributed by atoms with Crippen molar-refractivity contribution in [2.45, 2.75) is 0 Å². The van der Waals surface area contributed by atoms with Crippen molar-refractivity contribution in [1.82, 2.24) is 0 Å². The molecule has 0 aromatic carbocycles. The summed E-state index contributed by atoms with van der Waals surface area (Å²) in [6.45, 7) is 0. The fourth-order valence-corrected chi connectivity index (χ4v) is 0. The quantitative estimate of drug-likeness (QED) is 0.338.